The molecule has 4 rings (SSSR count). The van der Waals surface area contributed by atoms with Crippen LogP contribution in [0.25, 0.3) is 4.96 Å². The standard InChI is InChI=1S/C18H22N6O3S/c1-11-10-15(25)19-17-24(11)20-18(28-17)23-8-6-22(7-9-23)16(26)5-4-14-12(2)21-27-13(14)3/h10H,4-9H2,1-3H3. The zero-order valence-electron chi connectivity index (χ0n) is 16.1. The minimum atomic E-state index is -0.249. The van der Waals surface area contributed by atoms with E-state index in [2.05, 4.69) is 20.1 Å². The molecule has 9 nitrogen and oxygen atoms in total. The number of carbonyl (C=O) groups excluding carboxylic acids is 1. The first-order chi connectivity index (χ1) is 13.4. The molecule has 0 aliphatic carbocycles. The predicted molar refractivity (Wildman–Crippen MR) is 105 cm³/mol. The quantitative estimate of drug-likeness (QED) is 0.650. The van der Waals surface area contributed by atoms with E-state index in [0.717, 1.165) is 27.8 Å². The van der Waals surface area contributed by atoms with Gasteiger partial charge in [-0.2, -0.15) is 4.98 Å². The van der Waals surface area contributed by atoms with Gasteiger partial charge in [-0.15, -0.1) is 5.10 Å². The van der Waals surface area contributed by atoms with Gasteiger partial charge in [0.25, 0.3) is 5.56 Å². The Bertz CT molecular complexity index is 1060. The molecule has 0 saturated carbocycles. The lowest BCUT2D eigenvalue weighted by Gasteiger charge is -2.34. The van der Waals surface area contributed by atoms with E-state index in [1.54, 1.807) is 4.52 Å². The van der Waals surface area contributed by atoms with E-state index < -0.39 is 0 Å². The first kappa shape index (κ1) is 18.6. The molecule has 0 N–H and O–H groups in total. The lowest BCUT2D eigenvalue weighted by molar-refractivity contribution is -0.131. The topological polar surface area (TPSA) is 96.8 Å². The Morgan fingerprint density at radius 3 is 2.64 bits per heavy atom. The number of amides is 1. The maximum atomic E-state index is 12.6. The zero-order valence-corrected chi connectivity index (χ0v) is 17.0. The van der Waals surface area contributed by atoms with Gasteiger partial charge >= 0.3 is 0 Å². The Morgan fingerprint density at radius 1 is 1.21 bits per heavy atom. The van der Waals surface area contributed by atoms with E-state index in [1.165, 1.54) is 17.4 Å². The average molecular weight is 402 g/mol. The molecule has 1 amide bonds. The smallest absolute Gasteiger partial charge is 0.274 e. The third kappa shape index (κ3) is 3.51. The van der Waals surface area contributed by atoms with Crippen LogP contribution in [-0.2, 0) is 11.2 Å². The van der Waals surface area contributed by atoms with Gasteiger partial charge in [0.1, 0.15) is 5.76 Å². The molecule has 0 bridgehead atoms. The Morgan fingerprint density at radius 2 is 1.96 bits per heavy atom. The second-order valence-electron chi connectivity index (χ2n) is 6.99. The van der Waals surface area contributed by atoms with Crippen LogP contribution < -0.4 is 10.5 Å². The highest BCUT2D eigenvalue weighted by Crippen LogP contribution is 2.23. The SMILES string of the molecule is Cc1noc(C)c1CCC(=O)N1CCN(c2nn3c(C)cc(=O)nc3s2)CC1. The monoisotopic (exact) mass is 402 g/mol. The Balaban J connectivity index is 1.37. The number of anilines is 1. The van der Waals surface area contributed by atoms with Crippen molar-refractivity contribution in [3.8, 4) is 0 Å². The van der Waals surface area contributed by atoms with Crippen LogP contribution in [0.4, 0.5) is 5.13 Å². The fraction of sp³-hybridized carbons (Fsp3) is 0.500. The van der Waals surface area contributed by atoms with Crippen molar-refractivity contribution in [1.82, 2.24) is 24.7 Å². The third-order valence-corrected chi connectivity index (χ3v) is 6.06. The van der Waals surface area contributed by atoms with Gasteiger partial charge in [0.15, 0.2) is 0 Å². The van der Waals surface area contributed by atoms with E-state index in [-0.39, 0.29) is 11.5 Å². The summed E-state index contributed by atoms with van der Waals surface area (Å²) in [6.45, 7) is 8.34. The van der Waals surface area contributed by atoms with Crippen LogP contribution in [0, 0.1) is 20.8 Å². The molecular formula is C18H22N6O3S. The molecule has 28 heavy (non-hydrogen) atoms. The molecule has 1 aliphatic rings. The van der Waals surface area contributed by atoms with Crippen LogP contribution in [0.3, 0.4) is 0 Å². The van der Waals surface area contributed by atoms with Crippen molar-refractivity contribution >= 4 is 27.3 Å². The Hall–Kier alpha value is -2.75. The van der Waals surface area contributed by atoms with E-state index >= 15 is 0 Å². The van der Waals surface area contributed by atoms with Crippen molar-refractivity contribution in [2.75, 3.05) is 31.1 Å². The van der Waals surface area contributed by atoms with Gasteiger partial charge in [-0.3, -0.25) is 9.59 Å². The summed E-state index contributed by atoms with van der Waals surface area (Å²) >= 11 is 1.40. The second-order valence-corrected chi connectivity index (χ2v) is 7.92. The number of aromatic nitrogens is 4. The van der Waals surface area contributed by atoms with E-state index in [0.29, 0.717) is 44.0 Å². The minimum absolute atomic E-state index is 0.145. The van der Waals surface area contributed by atoms with Gasteiger partial charge in [0, 0.05) is 49.9 Å². The van der Waals surface area contributed by atoms with E-state index in [4.69, 9.17) is 4.52 Å². The molecule has 0 atom stereocenters. The highest BCUT2D eigenvalue weighted by atomic mass is 32.1. The van der Waals surface area contributed by atoms with Crippen molar-refractivity contribution in [3.05, 3.63) is 39.1 Å². The van der Waals surface area contributed by atoms with Gasteiger partial charge in [0.2, 0.25) is 16.0 Å². The van der Waals surface area contributed by atoms with E-state index in [9.17, 15) is 9.59 Å². The Labute approximate surface area is 165 Å². The molecule has 0 aromatic carbocycles. The number of piperazine rings is 1. The van der Waals surface area contributed by atoms with Crippen LogP contribution in [0.5, 0.6) is 0 Å². The van der Waals surface area contributed by atoms with Crippen LogP contribution >= 0.6 is 11.3 Å². The molecule has 1 saturated heterocycles. The van der Waals surface area contributed by atoms with Gasteiger partial charge in [-0.05, 0) is 27.2 Å². The minimum Gasteiger partial charge on any atom is -0.361 e. The number of nitrogens with zero attached hydrogens (tertiary/aromatic N) is 6. The average Bonchev–Trinajstić information content (AvgIpc) is 3.24. The molecular weight excluding hydrogens is 380 g/mol. The molecule has 1 fully saturated rings. The number of hydrogen-bond donors (Lipinski definition) is 0. The van der Waals surface area contributed by atoms with Crippen molar-refractivity contribution in [1.29, 1.82) is 0 Å². The summed E-state index contributed by atoms with van der Waals surface area (Å²) in [5.41, 5.74) is 2.40. The van der Waals surface area contributed by atoms with E-state index in [1.807, 2.05) is 25.7 Å². The molecule has 0 radical (unpaired) electrons. The molecule has 4 heterocycles. The van der Waals surface area contributed by atoms with Crippen LogP contribution in [0.1, 0.15) is 29.1 Å². The zero-order chi connectivity index (χ0) is 19.8. The van der Waals surface area contributed by atoms with Gasteiger partial charge in [0.05, 0.1) is 5.69 Å². The van der Waals surface area contributed by atoms with Crippen molar-refractivity contribution < 1.29 is 9.32 Å². The summed E-state index contributed by atoms with van der Waals surface area (Å²) in [5, 5.41) is 9.34. The maximum Gasteiger partial charge on any atom is 0.274 e. The highest BCUT2D eigenvalue weighted by molar-refractivity contribution is 7.20. The summed E-state index contributed by atoms with van der Waals surface area (Å²) in [6.07, 6.45) is 1.10. The number of aryl methyl sites for hydroxylation is 3. The molecule has 1 aliphatic heterocycles. The van der Waals surface area contributed by atoms with Crippen LogP contribution in [-0.4, -0.2) is 56.7 Å². The molecule has 3 aromatic rings. The van der Waals surface area contributed by atoms with Gasteiger partial charge in [-0.1, -0.05) is 16.5 Å². The molecule has 3 aromatic heterocycles. The van der Waals surface area contributed by atoms with Crippen molar-refractivity contribution in [3.63, 3.8) is 0 Å². The Kier molecular flexibility index (Phi) is 4.88. The van der Waals surface area contributed by atoms with Crippen molar-refractivity contribution in [2.45, 2.75) is 33.6 Å². The lowest BCUT2D eigenvalue weighted by Crippen LogP contribution is -2.48. The molecule has 148 valence electrons. The summed E-state index contributed by atoms with van der Waals surface area (Å²) in [7, 11) is 0. The predicted octanol–water partition coefficient (Wildman–Crippen LogP) is 1.35. The lowest BCUT2D eigenvalue weighted by atomic mass is 10.1. The fourth-order valence-corrected chi connectivity index (χ4v) is 4.47. The molecule has 10 heteroatoms. The normalized spacial score (nSPS) is 14.8. The van der Waals surface area contributed by atoms with Crippen LogP contribution in [0.2, 0.25) is 0 Å². The van der Waals surface area contributed by atoms with Crippen LogP contribution in [0.15, 0.2) is 15.4 Å². The summed E-state index contributed by atoms with van der Waals surface area (Å²) in [6, 6.07) is 1.48. The largest absolute Gasteiger partial charge is 0.361 e. The second kappa shape index (κ2) is 7.34. The third-order valence-electron chi connectivity index (χ3n) is 5.09. The fourth-order valence-electron chi connectivity index (χ4n) is 3.46. The summed E-state index contributed by atoms with van der Waals surface area (Å²) in [4.78, 5) is 32.8. The number of hydrogen-bond acceptors (Lipinski definition) is 8. The first-order valence-electron chi connectivity index (χ1n) is 9.24. The molecule has 0 spiro atoms. The summed E-state index contributed by atoms with van der Waals surface area (Å²) < 4.78 is 6.86. The van der Waals surface area contributed by atoms with Crippen molar-refractivity contribution in [2.24, 2.45) is 0 Å². The van der Waals surface area contributed by atoms with Gasteiger partial charge in [-0.25, -0.2) is 4.52 Å². The number of rotatable bonds is 4. The van der Waals surface area contributed by atoms with Gasteiger partial charge < -0.3 is 14.3 Å². The first-order valence-corrected chi connectivity index (χ1v) is 10.1. The highest BCUT2D eigenvalue weighted by Gasteiger charge is 2.24. The molecule has 0 unspecified atom stereocenters. The number of fused-ring (bicyclic) bond motifs is 1. The maximum absolute atomic E-state index is 12.6. The number of carbonyl (C=O) groups is 1. The summed E-state index contributed by atoms with van der Waals surface area (Å²) in [5.74, 6) is 0.931.